The standard InChI is InChI=1S/C21H17F3O4S/c1-2-29-17-7-5-15(6-8-17)27-19-10-13(11-20(25)26)9-14-3-4-16(12-18(14)19)28-21(22,23)24/h3-10,12H,2,11H2,1H3,(H,25,26). The Labute approximate surface area is 169 Å². The summed E-state index contributed by atoms with van der Waals surface area (Å²) in [6.07, 6.45) is -5.05. The summed E-state index contributed by atoms with van der Waals surface area (Å²) in [5.74, 6) is 0.261. The summed E-state index contributed by atoms with van der Waals surface area (Å²) in [5, 5.41) is 10.0. The lowest BCUT2D eigenvalue weighted by molar-refractivity contribution is -0.274. The van der Waals surface area contributed by atoms with E-state index in [-0.39, 0.29) is 17.9 Å². The van der Waals surface area contributed by atoms with Crippen molar-refractivity contribution < 1.29 is 32.5 Å². The highest BCUT2D eigenvalue weighted by molar-refractivity contribution is 7.99. The summed E-state index contributed by atoms with van der Waals surface area (Å²) in [7, 11) is 0. The molecule has 0 fully saturated rings. The van der Waals surface area contributed by atoms with Crippen molar-refractivity contribution in [2.75, 3.05) is 5.75 Å². The molecule has 1 N–H and O–H groups in total. The summed E-state index contributed by atoms with van der Waals surface area (Å²) in [5.41, 5.74) is 0.475. The number of thioether (sulfide) groups is 1. The number of fused-ring (bicyclic) bond motifs is 1. The first-order valence-electron chi connectivity index (χ1n) is 8.68. The van der Waals surface area contributed by atoms with Gasteiger partial charge in [0, 0.05) is 10.3 Å². The Bertz CT molecular complexity index is 1020. The number of carboxylic acids is 1. The van der Waals surface area contributed by atoms with Gasteiger partial charge in [-0.1, -0.05) is 19.1 Å². The number of ether oxygens (including phenoxy) is 2. The zero-order chi connectivity index (χ0) is 21.0. The van der Waals surface area contributed by atoms with E-state index in [4.69, 9.17) is 9.84 Å². The normalized spacial score (nSPS) is 11.4. The van der Waals surface area contributed by atoms with Gasteiger partial charge in [0.1, 0.15) is 17.2 Å². The molecule has 0 heterocycles. The number of carboxylic acid groups (broad SMARTS) is 1. The lowest BCUT2D eigenvalue weighted by Crippen LogP contribution is -2.17. The van der Waals surface area contributed by atoms with Crippen LogP contribution in [-0.2, 0) is 11.2 Å². The van der Waals surface area contributed by atoms with Gasteiger partial charge in [0.2, 0.25) is 0 Å². The quantitative estimate of drug-likeness (QED) is 0.455. The van der Waals surface area contributed by atoms with E-state index >= 15 is 0 Å². The van der Waals surface area contributed by atoms with Crippen molar-refractivity contribution in [1.82, 2.24) is 0 Å². The fraction of sp³-hybridized carbons (Fsp3) is 0.190. The van der Waals surface area contributed by atoms with E-state index in [1.807, 2.05) is 19.1 Å². The molecule has 4 nitrogen and oxygen atoms in total. The van der Waals surface area contributed by atoms with Crippen LogP contribution >= 0.6 is 11.8 Å². The third-order valence-corrected chi connectivity index (χ3v) is 4.79. The number of halogens is 3. The molecule has 0 aromatic heterocycles. The van der Waals surface area contributed by atoms with E-state index in [9.17, 15) is 18.0 Å². The molecule has 0 atom stereocenters. The van der Waals surface area contributed by atoms with E-state index in [2.05, 4.69) is 4.74 Å². The third-order valence-electron chi connectivity index (χ3n) is 3.90. The Balaban J connectivity index is 2.02. The summed E-state index contributed by atoms with van der Waals surface area (Å²) in [6, 6.07) is 14.2. The molecule has 3 aromatic rings. The molecule has 0 radical (unpaired) electrons. The van der Waals surface area contributed by atoms with Crippen molar-refractivity contribution >= 4 is 28.5 Å². The number of alkyl halides is 3. The van der Waals surface area contributed by atoms with Crippen molar-refractivity contribution in [2.24, 2.45) is 0 Å². The number of hydrogen-bond acceptors (Lipinski definition) is 4. The van der Waals surface area contributed by atoms with Gasteiger partial charge in [-0.05, 0) is 59.2 Å². The van der Waals surface area contributed by atoms with Gasteiger partial charge >= 0.3 is 12.3 Å². The topological polar surface area (TPSA) is 55.8 Å². The number of hydrogen-bond donors (Lipinski definition) is 1. The first-order chi connectivity index (χ1) is 13.7. The third kappa shape index (κ3) is 5.80. The first-order valence-corrected chi connectivity index (χ1v) is 9.67. The lowest BCUT2D eigenvalue weighted by atomic mass is 10.0. The average molecular weight is 422 g/mol. The molecule has 8 heteroatoms. The molecule has 29 heavy (non-hydrogen) atoms. The summed E-state index contributed by atoms with van der Waals surface area (Å²) < 4.78 is 47.6. The van der Waals surface area contributed by atoms with Crippen LogP contribution in [0, 0.1) is 0 Å². The molecule has 0 aliphatic carbocycles. The fourth-order valence-corrected chi connectivity index (χ4v) is 3.48. The minimum Gasteiger partial charge on any atom is -0.481 e. The average Bonchev–Trinajstić information content (AvgIpc) is 2.62. The zero-order valence-electron chi connectivity index (χ0n) is 15.3. The minimum atomic E-state index is -4.81. The maximum atomic E-state index is 12.6. The smallest absolute Gasteiger partial charge is 0.481 e. The maximum absolute atomic E-state index is 12.6. The number of aliphatic carboxylic acids is 1. The molecule has 152 valence electrons. The van der Waals surface area contributed by atoms with E-state index in [0.29, 0.717) is 22.1 Å². The SMILES string of the molecule is CCSc1ccc(Oc2cc(CC(=O)O)cc3ccc(OC(F)(F)F)cc23)cc1. The number of benzene rings is 3. The summed E-state index contributed by atoms with van der Waals surface area (Å²) >= 11 is 1.67. The molecule has 0 amide bonds. The lowest BCUT2D eigenvalue weighted by Gasteiger charge is -2.14. The van der Waals surface area contributed by atoms with Crippen molar-refractivity contribution in [2.45, 2.75) is 24.6 Å². The van der Waals surface area contributed by atoms with Gasteiger partial charge in [-0.25, -0.2) is 0 Å². The van der Waals surface area contributed by atoms with Gasteiger partial charge in [-0.2, -0.15) is 0 Å². The van der Waals surface area contributed by atoms with E-state index in [1.54, 1.807) is 30.0 Å². The Morgan fingerprint density at radius 3 is 2.34 bits per heavy atom. The molecule has 0 saturated heterocycles. The van der Waals surface area contributed by atoms with Gasteiger partial charge in [-0.3, -0.25) is 4.79 Å². The monoisotopic (exact) mass is 422 g/mol. The molecule has 0 spiro atoms. The van der Waals surface area contributed by atoms with Crippen LogP contribution in [0.15, 0.2) is 59.5 Å². The Hall–Kier alpha value is -2.87. The zero-order valence-corrected chi connectivity index (χ0v) is 16.1. The molecular formula is C21H17F3O4S. The van der Waals surface area contributed by atoms with Crippen LogP contribution in [0.4, 0.5) is 13.2 Å². The van der Waals surface area contributed by atoms with E-state index in [0.717, 1.165) is 10.6 Å². The van der Waals surface area contributed by atoms with Crippen molar-refractivity contribution in [1.29, 1.82) is 0 Å². The van der Waals surface area contributed by atoms with Crippen LogP contribution in [0.5, 0.6) is 17.2 Å². The number of carbonyl (C=O) groups is 1. The number of rotatable bonds is 7. The maximum Gasteiger partial charge on any atom is 0.573 e. The second kappa shape index (κ2) is 8.65. The van der Waals surface area contributed by atoms with Crippen LogP contribution in [0.1, 0.15) is 12.5 Å². The van der Waals surface area contributed by atoms with Crippen molar-refractivity contribution in [3.63, 3.8) is 0 Å². The molecule has 0 aliphatic rings. The fourth-order valence-electron chi connectivity index (χ4n) is 2.82. The largest absolute Gasteiger partial charge is 0.573 e. The van der Waals surface area contributed by atoms with Crippen molar-refractivity contribution in [3.05, 3.63) is 60.2 Å². The van der Waals surface area contributed by atoms with Crippen LogP contribution < -0.4 is 9.47 Å². The highest BCUT2D eigenvalue weighted by Crippen LogP contribution is 2.36. The minimum absolute atomic E-state index is 0.237. The summed E-state index contributed by atoms with van der Waals surface area (Å²) in [4.78, 5) is 12.2. The molecule has 0 saturated carbocycles. The van der Waals surface area contributed by atoms with Gasteiger partial charge in [-0.15, -0.1) is 24.9 Å². The Morgan fingerprint density at radius 1 is 1.03 bits per heavy atom. The predicted octanol–water partition coefficient (Wildman–Crippen LogP) is 6.27. The Kier molecular flexibility index (Phi) is 6.22. The molecule has 3 rings (SSSR count). The van der Waals surface area contributed by atoms with Gasteiger partial charge in [0.25, 0.3) is 0 Å². The predicted molar refractivity (Wildman–Crippen MR) is 105 cm³/mol. The van der Waals surface area contributed by atoms with Crippen LogP contribution in [0.2, 0.25) is 0 Å². The first kappa shape index (κ1) is 20.9. The second-order valence-corrected chi connectivity index (χ2v) is 7.44. The van der Waals surface area contributed by atoms with Crippen LogP contribution in [-0.4, -0.2) is 23.2 Å². The van der Waals surface area contributed by atoms with E-state index < -0.39 is 12.3 Å². The summed E-state index contributed by atoms with van der Waals surface area (Å²) in [6.45, 7) is 2.04. The van der Waals surface area contributed by atoms with Crippen molar-refractivity contribution in [3.8, 4) is 17.2 Å². The van der Waals surface area contributed by atoms with Gasteiger partial charge in [0.15, 0.2) is 0 Å². The van der Waals surface area contributed by atoms with Gasteiger partial charge < -0.3 is 14.6 Å². The second-order valence-electron chi connectivity index (χ2n) is 6.10. The molecule has 0 unspecified atom stereocenters. The van der Waals surface area contributed by atoms with Crippen LogP contribution in [0.25, 0.3) is 10.8 Å². The molecular weight excluding hydrogens is 405 g/mol. The molecule has 0 bridgehead atoms. The van der Waals surface area contributed by atoms with E-state index in [1.165, 1.54) is 24.3 Å². The Morgan fingerprint density at radius 2 is 1.72 bits per heavy atom. The highest BCUT2D eigenvalue weighted by atomic mass is 32.2. The highest BCUT2D eigenvalue weighted by Gasteiger charge is 2.31. The van der Waals surface area contributed by atoms with Crippen LogP contribution in [0.3, 0.4) is 0 Å². The molecule has 0 aliphatic heterocycles. The molecule has 3 aromatic carbocycles. The van der Waals surface area contributed by atoms with Gasteiger partial charge in [0.05, 0.1) is 6.42 Å².